The van der Waals surface area contributed by atoms with Gasteiger partial charge in [-0.1, -0.05) is 37.1 Å². The Labute approximate surface area is 181 Å². The summed E-state index contributed by atoms with van der Waals surface area (Å²) in [6, 6.07) is 13.1. The van der Waals surface area contributed by atoms with E-state index in [1.807, 2.05) is 0 Å². The fraction of sp³-hybridized carbons (Fsp3) is 0.348. The zero-order chi connectivity index (χ0) is 21.5. The summed E-state index contributed by atoms with van der Waals surface area (Å²) in [6.07, 6.45) is 3.42. The summed E-state index contributed by atoms with van der Waals surface area (Å²) in [4.78, 5) is 39.4. The van der Waals surface area contributed by atoms with E-state index in [2.05, 4.69) is 17.6 Å². The van der Waals surface area contributed by atoms with Gasteiger partial charge in [0, 0.05) is 24.3 Å². The van der Waals surface area contributed by atoms with Gasteiger partial charge in [0.1, 0.15) is 6.04 Å². The SMILES string of the molecule is CCCCNC(=O)[C@H]1CCCN1C(=O)c1ccc(NC(=O)c2ccccc2Cl)cc1. The number of rotatable bonds is 7. The molecule has 2 aromatic rings. The molecule has 1 heterocycles. The van der Waals surface area contributed by atoms with Gasteiger partial charge in [0.25, 0.3) is 11.8 Å². The number of amides is 3. The maximum absolute atomic E-state index is 12.9. The Kier molecular flexibility index (Phi) is 7.46. The number of nitrogens with zero attached hydrogens (tertiary/aromatic N) is 1. The van der Waals surface area contributed by atoms with Gasteiger partial charge in [0.2, 0.25) is 5.91 Å². The van der Waals surface area contributed by atoms with E-state index >= 15 is 0 Å². The third-order valence-electron chi connectivity index (χ3n) is 5.15. The van der Waals surface area contributed by atoms with Gasteiger partial charge in [-0.3, -0.25) is 14.4 Å². The normalized spacial score (nSPS) is 15.7. The van der Waals surface area contributed by atoms with E-state index in [0.29, 0.717) is 41.3 Å². The third kappa shape index (κ3) is 5.19. The van der Waals surface area contributed by atoms with Crippen molar-refractivity contribution in [2.75, 3.05) is 18.4 Å². The lowest BCUT2D eigenvalue weighted by atomic mass is 10.1. The van der Waals surface area contributed by atoms with Gasteiger partial charge in [0.15, 0.2) is 0 Å². The highest BCUT2D eigenvalue weighted by molar-refractivity contribution is 6.34. The van der Waals surface area contributed by atoms with Crippen LogP contribution in [0, 0.1) is 0 Å². The van der Waals surface area contributed by atoms with Crippen LogP contribution in [0.25, 0.3) is 0 Å². The zero-order valence-corrected chi connectivity index (χ0v) is 17.7. The first kappa shape index (κ1) is 21.8. The van der Waals surface area contributed by atoms with Crippen molar-refractivity contribution in [1.29, 1.82) is 0 Å². The average molecular weight is 428 g/mol. The summed E-state index contributed by atoms with van der Waals surface area (Å²) in [5, 5.41) is 6.07. The molecule has 3 rings (SSSR count). The minimum Gasteiger partial charge on any atom is -0.354 e. The molecular formula is C23H26ClN3O3. The van der Waals surface area contributed by atoms with E-state index in [0.717, 1.165) is 19.3 Å². The molecule has 30 heavy (non-hydrogen) atoms. The van der Waals surface area contributed by atoms with Gasteiger partial charge in [-0.2, -0.15) is 0 Å². The van der Waals surface area contributed by atoms with Crippen molar-refractivity contribution in [2.45, 2.75) is 38.6 Å². The molecular weight excluding hydrogens is 402 g/mol. The molecule has 3 amide bonds. The van der Waals surface area contributed by atoms with Crippen molar-refractivity contribution in [2.24, 2.45) is 0 Å². The van der Waals surface area contributed by atoms with Crippen molar-refractivity contribution in [3.8, 4) is 0 Å². The number of hydrogen-bond acceptors (Lipinski definition) is 3. The van der Waals surface area contributed by atoms with Gasteiger partial charge < -0.3 is 15.5 Å². The van der Waals surface area contributed by atoms with Gasteiger partial charge >= 0.3 is 0 Å². The van der Waals surface area contributed by atoms with E-state index in [9.17, 15) is 14.4 Å². The predicted octanol–water partition coefficient (Wildman–Crippen LogP) is 4.11. The Bertz CT molecular complexity index is 914. The summed E-state index contributed by atoms with van der Waals surface area (Å²) < 4.78 is 0. The molecule has 0 radical (unpaired) electrons. The van der Waals surface area contributed by atoms with E-state index in [1.54, 1.807) is 53.4 Å². The summed E-state index contributed by atoms with van der Waals surface area (Å²) in [5.41, 5.74) is 1.43. The van der Waals surface area contributed by atoms with E-state index < -0.39 is 6.04 Å². The molecule has 1 atom stereocenters. The number of unbranched alkanes of at least 4 members (excludes halogenated alkanes) is 1. The minimum atomic E-state index is -0.422. The third-order valence-corrected chi connectivity index (χ3v) is 5.48. The van der Waals surface area contributed by atoms with E-state index in [4.69, 9.17) is 11.6 Å². The lowest BCUT2D eigenvalue weighted by Gasteiger charge is -2.24. The lowest BCUT2D eigenvalue weighted by molar-refractivity contribution is -0.124. The molecule has 0 spiro atoms. The van der Waals surface area contributed by atoms with Crippen molar-refractivity contribution in [1.82, 2.24) is 10.2 Å². The van der Waals surface area contributed by atoms with Crippen molar-refractivity contribution < 1.29 is 14.4 Å². The van der Waals surface area contributed by atoms with Crippen LogP contribution in [-0.2, 0) is 4.79 Å². The molecule has 158 valence electrons. The lowest BCUT2D eigenvalue weighted by Crippen LogP contribution is -2.46. The quantitative estimate of drug-likeness (QED) is 0.652. The van der Waals surface area contributed by atoms with Crippen LogP contribution in [0.5, 0.6) is 0 Å². The molecule has 1 saturated heterocycles. The maximum Gasteiger partial charge on any atom is 0.257 e. The molecule has 2 N–H and O–H groups in total. The first-order valence-corrected chi connectivity index (χ1v) is 10.6. The smallest absolute Gasteiger partial charge is 0.257 e. The molecule has 0 aromatic heterocycles. The Morgan fingerprint density at radius 3 is 2.53 bits per heavy atom. The fourth-order valence-electron chi connectivity index (χ4n) is 3.49. The second-order valence-corrected chi connectivity index (χ2v) is 7.72. The van der Waals surface area contributed by atoms with E-state index in [1.165, 1.54) is 0 Å². The number of nitrogens with one attached hydrogen (secondary N) is 2. The Morgan fingerprint density at radius 1 is 1.10 bits per heavy atom. The molecule has 1 fully saturated rings. The predicted molar refractivity (Wildman–Crippen MR) is 118 cm³/mol. The van der Waals surface area contributed by atoms with Crippen LogP contribution in [-0.4, -0.2) is 41.8 Å². The number of carbonyl (C=O) groups excluding carboxylic acids is 3. The van der Waals surface area contributed by atoms with Crippen molar-refractivity contribution in [3.05, 3.63) is 64.7 Å². The van der Waals surface area contributed by atoms with Crippen LogP contribution in [0.3, 0.4) is 0 Å². The largest absolute Gasteiger partial charge is 0.354 e. The fourth-order valence-corrected chi connectivity index (χ4v) is 3.72. The zero-order valence-electron chi connectivity index (χ0n) is 17.0. The molecule has 2 aromatic carbocycles. The summed E-state index contributed by atoms with van der Waals surface area (Å²) in [6.45, 7) is 3.27. The number of hydrogen-bond donors (Lipinski definition) is 2. The van der Waals surface area contributed by atoms with Crippen LogP contribution in [0.15, 0.2) is 48.5 Å². The standard InChI is InChI=1S/C23H26ClN3O3/c1-2-3-14-25-22(29)20-9-6-15-27(20)23(30)16-10-12-17(13-11-16)26-21(28)18-7-4-5-8-19(18)24/h4-5,7-8,10-13,20H,2-3,6,9,14-15H2,1H3,(H,25,29)(H,26,28)/t20-/m1/s1. The monoisotopic (exact) mass is 427 g/mol. The molecule has 0 unspecified atom stereocenters. The van der Waals surface area contributed by atoms with Gasteiger partial charge in [-0.05, 0) is 55.7 Å². The van der Waals surface area contributed by atoms with Gasteiger partial charge in [0.05, 0.1) is 10.6 Å². The van der Waals surface area contributed by atoms with Crippen molar-refractivity contribution >= 4 is 35.0 Å². The topological polar surface area (TPSA) is 78.5 Å². The van der Waals surface area contributed by atoms with Crippen LogP contribution < -0.4 is 10.6 Å². The number of benzene rings is 2. The second-order valence-electron chi connectivity index (χ2n) is 7.31. The first-order valence-electron chi connectivity index (χ1n) is 10.3. The Morgan fingerprint density at radius 2 is 1.83 bits per heavy atom. The first-order chi connectivity index (χ1) is 14.5. The number of halogens is 1. The molecule has 0 aliphatic carbocycles. The Hall–Kier alpha value is -2.86. The summed E-state index contributed by atoms with van der Waals surface area (Å²) in [7, 11) is 0. The van der Waals surface area contributed by atoms with Gasteiger partial charge in [-0.25, -0.2) is 0 Å². The number of anilines is 1. The van der Waals surface area contributed by atoms with Crippen molar-refractivity contribution in [3.63, 3.8) is 0 Å². The van der Waals surface area contributed by atoms with Crippen LogP contribution in [0.1, 0.15) is 53.3 Å². The summed E-state index contributed by atoms with van der Waals surface area (Å²) >= 11 is 6.06. The number of carbonyl (C=O) groups is 3. The molecule has 7 heteroatoms. The molecule has 1 aliphatic heterocycles. The van der Waals surface area contributed by atoms with Crippen LogP contribution in [0.2, 0.25) is 5.02 Å². The minimum absolute atomic E-state index is 0.0853. The highest BCUT2D eigenvalue weighted by atomic mass is 35.5. The molecule has 0 saturated carbocycles. The number of likely N-dealkylation sites (tertiary alicyclic amines) is 1. The van der Waals surface area contributed by atoms with Crippen LogP contribution in [0.4, 0.5) is 5.69 Å². The van der Waals surface area contributed by atoms with E-state index in [-0.39, 0.29) is 17.7 Å². The molecule has 6 nitrogen and oxygen atoms in total. The van der Waals surface area contributed by atoms with Gasteiger partial charge in [-0.15, -0.1) is 0 Å². The molecule has 1 aliphatic rings. The highest BCUT2D eigenvalue weighted by Gasteiger charge is 2.34. The maximum atomic E-state index is 12.9. The van der Waals surface area contributed by atoms with Crippen LogP contribution >= 0.6 is 11.6 Å². The Balaban J connectivity index is 1.64. The highest BCUT2D eigenvalue weighted by Crippen LogP contribution is 2.22. The average Bonchev–Trinajstić information content (AvgIpc) is 3.24. The summed E-state index contributed by atoms with van der Waals surface area (Å²) in [5.74, 6) is -0.576. The second kappa shape index (κ2) is 10.3. The molecule has 0 bridgehead atoms.